The summed E-state index contributed by atoms with van der Waals surface area (Å²) in [7, 11) is 0. The molecule has 4 rings (SSSR count). The molecule has 0 bridgehead atoms. The van der Waals surface area contributed by atoms with Crippen molar-refractivity contribution >= 4 is 11.6 Å². The summed E-state index contributed by atoms with van der Waals surface area (Å²) >= 11 is 0. The van der Waals surface area contributed by atoms with E-state index in [1.165, 1.54) is 11.1 Å². The molecule has 27 heavy (non-hydrogen) atoms. The second kappa shape index (κ2) is 7.66. The van der Waals surface area contributed by atoms with Gasteiger partial charge in [0.15, 0.2) is 5.79 Å². The first-order chi connectivity index (χ1) is 13.1. The fourth-order valence-corrected chi connectivity index (χ4v) is 3.70. The van der Waals surface area contributed by atoms with Gasteiger partial charge in [-0.15, -0.1) is 0 Å². The quantitative estimate of drug-likeness (QED) is 0.900. The molecule has 0 saturated carbocycles. The third-order valence-corrected chi connectivity index (χ3v) is 5.19. The average molecular weight is 367 g/mol. The molecule has 0 atom stereocenters. The highest BCUT2D eigenvalue weighted by molar-refractivity contribution is 5.94. The zero-order valence-corrected chi connectivity index (χ0v) is 15.6. The van der Waals surface area contributed by atoms with E-state index in [4.69, 9.17) is 9.47 Å². The molecule has 2 aliphatic heterocycles. The number of amides is 1. The number of anilines is 1. The van der Waals surface area contributed by atoms with E-state index in [9.17, 15) is 4.79 Å². The van der Waals surface area contributed by atoms with Gasteiger partial charge in [0.25, 0.3) is 5.91 Å². The van der Waals surface area contributed by atoms with Crippen molar-refractivity contribution in [2.45, 2.75) is 32.1 Å². The fourth-order valence-electron chi connectivity index (χ4n) is 3.70. The number of hydrogen-bond donors (Lipinski definition) is 1. The van der Waals surface area contributed by atoms with E-state index in [-0.39, 0.29) is 5.91 Å². The lowest BCUT2D eigenvalue weighted by Crippen LogP contribution is -2.47. The zero-order chi connectivity index (χ0) is 18.7. The van der Waals surface area contributed by atoms with Crippen LogP contribution in [0.1, 0.15) is 34.3 Å². The number of aromatic nitrogens is 1. The SMILES string of the molecule is Cc1cccc(CNc2cncc(C(=O)N3CCC4(CC3)OCCO4)c2)c1. The lowest BCUT2D eigenvalue weighted by atomic mass is 10.0. The van der Waals surface area contributed by atoms with Crippen LogP contribution in [0.5, 0.6) is 0 Å². The van der Waals surface area contributed by atoms with Gasteiger partial charge in [-0.05, 0) is 18.6 Å². The van der Waals surface area contributed by atoms with Crippen molar-refractivity contribution in [3.63, 3.8) is 0 Å². The second-order valence-electron chi connectivity index (χ2n) is 7.20. The lowest BCUT2D eigenvalue weighted by molar-refractivity contribution is -0.181. The number of rotatable bonds is 4. The number of carbonyl (C=O) groups excluding carboxylic acids is 1. The van der Waals surface area contributed by atoms with Crippen LogP contribution in [-0.2, 0) is 16.0 Å². The van der Waals surface area contributed by atoms with Gasteiger partial charge in [-0.2, -0.15) is 0 Å². The van der Waals surface area contributed by atoms with Crippen LogP contribution in [0.2, 0.25) is 0 Å². The largest absolute Gasteiger partial charge is 0.380 e. The number of carbonyl (C=O) groups is 1. The Bertz CT molecular complexity index is 808. The lowest BCUT2D eigenvalue weighted by Gasteiger charge is -2.37. The minimum atomic E-state index is -0.466. The summed E-state index contributed by atoms with van der Waals surface area (Å²) in [4.78, 5) is 19.0. The fraction of sp³-hybridized carbons (Fsp3) is 0.429. The summed E-state index contributed by atoms with van der Waals surface area (Å²) in [6, 6.07) is 10.2. The third kappa shape index (κ3) is 4.12. The van der Waals surface area contributed by atoms with Gasteiger partial charge >= 0.3 is 0 Å². The minimum absolute atomic E-state index is 0.00884. The minimum Gasteiger partial charge on any atom is -0.380 e. The highest BCUT2D eigenvalue weighted by atomic mass is 16.7. The second-order valence-corrected chi connectivity index (χ2v) is 7.20. The van der Waals surface area contributed by atoms with E-state index in [0.29, 0.717) is 38.4 Å². The van der Waals surface area contributed by atoms with Gasteiger partial charge in [0.05, 0.1) is 24.5 Å². The van der Waals surface area contributed by atoms with E-state index in [0.717, 1.165) is 18.5 Å². The van der Waals surface area contributed by atoms with Gasteiger partial charge in [-0.3, -0.25) is 9.78 Å². The highest BCUT2D eigenvalue weighted by Gasteiger charge is 2.40. The molecule has 1 aromatic heterocycles. The number of nitrogens with zero attached hydrogens (tertiary/aromatic N) is 2. The standard InChI is InChI=1S/C21H25N3O3/c1-16-3-2-4-17(11-16)13-23-19-12-18(14-22-15-19)20(25)24-7-5-21(6-8-24)26-9-10-27-21/h2-4,11-12,14-15,23H,5-10,13H2,1H3. The smallest absolute Gasteiger partial charge is 0.255 e. The molecular weight excluding hydrogens is 342 g/mol. The zero-order valence-electron chi connectivity index (χ0n) is 15.6. The van der Waals surface area contributed by atoms with E-state index < -0.39 is 5.79 Å². The molecule has 6 nitrogen and oxygen atoms in total. The average Bonchev–Trinajstić information content (AvgIpc) is 3.15. The molecule has 142 valence electrons. The molecule has 1 N–H and O–H groups in total. The van der Waals surface area contributed by atoms with Gasteiger partial charge in [0.1, 0.15) is 0 Å². The van der Waals surface area contributed by atoms with Crippen LogP contribution in [0.3, 0.4) is 0 Å². The highest BCUT2D eigenvalue weighted by Crippen LogP contribution is 2.31. The topological polar surface area (TPSA) is 63.7 Å². The maximum Gasteiger partial charge on any atom is 0.255 e. The molecular formula is C21H25N3O3. The number of ether oxygens (including phenoxy) is 2. The molecule has 0 radical (unpaired) electrons. The summed E-state index contributed by atoms with van der Waals surface area (Å²) < 4.78 is 11.5. The van der Waals surface area contributed by atoms with Crippen LogP contribution < -0.4 is 5.32 Å². The van der Waals surface area contributed by atoms with Crippen LogP contribution >= 0.6 is 0 Å². The number of pyridine rings is 1. The van der Waals surface area contributed by atoms with Gasteiger partial charge in [-0.25, -0.2) is 0 Å². The predicted molar refractivity (Wildman–Crippen MR) is 103 cm³/mol. The Kier molecular flexibility index (Phi) is 5.09. The number of benzene rings is 1. The van der Waals surface area contributed by atoms with E-state index in [1.807, 2.05) is 17.0 Å². The maximum absolute atomic E-state index is 12.9. The summed E-state index contributed by atoms with van der Waals surface area (Å²) in [6.07, 6.45) is 4.82. The molecule has 0 aliphatic carbocycles. The van der Waals surface area contributed by atoms with Crippen molar-refractivity contribution in [2.75, 3.05) is 31.6 Å². The van der Waals surface area contributed by atoms with Crippen molar-refractivity contribution in [3.8, 4) is 0 Å². The Hall–Kier alpha value is -2.44. The normalized spacial score (nSPS) is 18.6. The van der Waals surface area contributed by atoms with Gasteiger partial charge < -0.3 is 19.7 Å². The van der Waals surface area contributed by atoms with Crippen LogP contribution in [0.15, 0.2) is 42.7 Å². The van der Waals surface area contributed by atoms with Crippen molar-refractivity contribution in [2.24, 2.45) is 0 Å². The summed E-state index contributed by atoms with van der Waals surface area (Å²) in [5, 5.41) is 3.35. The predicted octanol–water partition coefficient (Wildman–Crippen LogP) is 2.98. The third-order valence-electron chi connectivity index (χ3n) is 5.19. The van der Waals surface area contributed by atoms with Crippen molar-refractivity contribution < 1.29 is 14.3 Å². The Morgan fingerprint density at radius 2 is 1.96 bits per heavy atom. The van der Waals surface area contributed by atoms with Gasteiger partial charge in [0, 0.05) is 44.9 Å². The number of aryl methyl sites for hydroxylation is 1. The van der Waals surface area contributed by atoms with Gasteiger partial charge in [-0.1, -0.05) is 29.8 Å². The molecule has 0 unspecified atom stereocenters. The molecule has 2 fully saturated rings. The monoisotopic (exact) mass is 367 g/mol. The summed E-state index contributed by atoms with van der Waals surface area (Å²) in [6.45, 7) is 5.34. The number of nitrogens with one attached hydrogen (secondary N) is 1. The summed E-state index contributed by atoms with van der Waals surface area (Å²) in [5.74, 6) is -0.457. The van der Waals surface area contributed by atoms with Crippen molar-refractivity contribution in [3.05, 3.63) is 59.4 Å². The molecule has 6 heteroatoms. The van der Waals surface area contributed by atoms with E-state index in [1.54, 1.807) is 12.4 Å². The number of piperidine rings is 1. The van der Waals surface area contributed by atoms with E-state index in [2.05, 4.69) is 35.4 Å². The Balaban J connectivity index is 1.37. The van der Waals surface area contributed by atoms with Crippen LogP contribution in [0.4, 0.5) is 5.69 Å². The summed E-state index contributed by atoms with van der Waals surface area (Å²) in [5.41, 5.74) is 3.88. The molecule has 2 aliphatic rings. The first-order valence-electron chi connectivity index (χ1n) is 9.45. The maximum atomic E-state index is 12.9. The van der Waals surface area contributed by atoms with Crippen LogP contribution in [0, 0.1) is 6.92 Å². The molecule has 2 saturated heterocycles. The van der Waals surface area contributed by atoms with Crippen molar-refractivity contribution in [1.29, 1.82) is 0 Å². The van der Waals surface area contributed by atoms with Crippen LogP contribution in [0.25, 0.3) is 0 Å². The Labute approximate surface area is 159 Å². The molecule has 2 aromatic rings. The molecule has 1 amide bonds. The molecule has 1 spiro atoms. The van der Waals surface area contributed by atoms with E-state index >= 15 is 0 Å². The first kappa shape index (κ1) is 17.9. The van der Waals surface area contributed by atoms with Gasteiger partial charge in [0.2, 0.25) is 0 Å². The molecule has 3 heterocycles. The first-order valence-corrected chi connectivity index (χ1v) is 9.45. The van der Waals surface area contributed by atoms with Crippen LogP contribution in [-0.4, -0.2) is 47.9 Å². The molecule has 1 aromatic carbocycles. The number of hydrogen-bond acceptors (Lipinski definition) is 5. The number of likely N-dealkylation sites (tertiary alicyclic amines) is 1. The Morgan fingerprint density at radius 1 is 1.19 bits per heavy atom. The Morgan fingerprint density at radius 3 is 2.70 bits per heavy atom. The van der Waals surface area contributed by atoms with Crippen molar-refractivity contribution in [1.82, 2.24) is 9.88 Å².